The van der Waals surface area contributed by atoms with E-state index in [0.717, 1.165) is 5.57 Å². The zero-order chi connectivity index (χ0) is 20.7. The van der Waals surface area contributed by atoms with E-state index in [1.807, 2.05) is 26.8 Å². The summed E-state index contributed by atoms with van der Waals surface area (Å²) in [6.45, 7) is 4.97. The lowest BCUT2D eigenvalue weighted by Crippen LogP contribution is -2.69. The third-order valence-corrected chi connectivity index (χ3v) is 9.72. The van der Waals surface area contributed by atoms with Crippen LogP contribution in [-0.2, 0) is 9.59 Å². The summed E-state index contributed by atoms with van der Waals surface area (Å²) in [6.07, 6.45) is 6.22. The molecule has 5 nitrogen and oxygen atoms in total. The maximum absolute atomic E-state index is 12.6. The minimum Gasteiger partial charge on any atom is -0.391 e. The molecule has 0 spiro atoms. The first kappa shape index (κ1) is 20.3. The number of allylic oxidation sites excluding steroid dienone is 4. The van der Waals surface area contributed by atoms with Gasteiger partial charge in [-0.15, -0.1) is 11.6 Å². The van der Waals surface area contributed by atoms with Gasteiger partial charge in [0.15, 0.2) is 11.6 Å². The molecule has 6 heteroatoms. The van der Waals surface area contributed by atoms with Gasteiger partial charge in [-0.1, -0.05) is 32.4 Å². The summed E-state index contributed by atoms with van der Waals surface area (Å²) in [5.41, 5.74) is -2.25. The molecular formula is C22H29ClO5. The second-order valence-corrected chi connectivity index (χ2v) is 10.4. The Morgan fingerprint density at radius 3 is 2.64 bits per heavy atom. The molecule has 3 saturated carbocycles. The Labute approximate surface area is 170 Å². The van der Waals surface area contributed by atoms with Crippen molar-refractivity contribution in [3.63, 3.8) is 0 Å². The van der Waals surface area contributed by atoms with Crippen LogP contribution in [0.3, 0.4) is 0 Å². The molecule has 0 aromatic carbocycles. The number of alkyl halides is 1. The number of carbonyl (C=O) groups is 2. The third kappa shape index (κ3) is 2.09. The molecule has 0 radical (unpaired) electrons. The molecule has 7 unspecified atom stereocenters. The average molecular weight is 409 g/mol. The van der Waals surface area contributed by atoms with Crippen molar-refractivity contribution in [3.8, 4) is 0 Å². The molecule has 3 N–H and O–H groups in total. The topological polar surface area (TPSA) is 94.8 Å². The second kappa shape index (κ2) is 6.00. The van der Waals surface area contributed by atoms with E-state index in [4.69, 9.17) is 11.6 Å². The molecule has 0 heterocycles. The van der Waals surface area contributed by atoms with Crippen molar-refractivity contribution >= 4 is 23.2 Å². The van der Waals surface area contributed by atoms with Crippen LogP contribution < -0.4 is 0 Å². The summed E-state index contributed by atoms with van der Waals surface area (Å²) in [6, 6.07) is 0. The first-order chi connectivity index (χ1) is 13.0. The molecule has 0 aromatic heterocycles. The molecule has 3 fully saturated rings. The van der Waals surface area contributed by atoms with Gasteiger partial charge in [0.05, 0.1) is 11.0 Å². The number of Topliss-reactive ketones (excluding diaryl/α,β-unsaturated/α-hetero) is 1. The Morgan fingerprint density at radius 1 is 1.32 bits per heavy atom. The van der Waals surface area contributed by atoms with E-state index >= 15 is 0 Å². The molecular weight excluding hydrogens is 380 g/mol. The number of fused-ring (bicyclic) bond motifs is 5. The fourth-order valence-corrected chi connectivity index (χ4v) is 7.78. The molecule has 0 saturated heterocycles. The van der Waals surface area contributed by atoms with Crippen molar-refractivity contribution in [1.29, 1.82) is 0 Å². The van der Waals surface area contributed by atoms with Gasteiger partial charge >= 0.3 is 0 Å². The van der Waals surface area contributed by atoms with Gasteiger partial charge in [-0.3, -0.25) is 9.59 Å². The summed E-state index contributed by atoms with van der Waals surface area (Å²) in [7, 11) is 0. The Morgan fingerprint density at radius 2 is 2.00 bits per heavy atom. The highest BCUT2D eigenvalue weighted by Crippen LogP contribution is 2.71. The first-order valence-electron chi connectivity index (χ1n) is 10.1. The first-order valence-corrected chi connectivity index (χ1v) is 10.5. The summed E-state index contributed by atoms with van der Waals surface area (Å²) in [5.74, 6) is -1.15. The van der Waals surface area contributed by atoms with Crippen LogP contribution in [0.4, 0.5) is 0 Å². The van der Waals surface area contributed by atoms with Crippen molar-refractivity contribution < 1.29 is 24.9 Å². The van der Waals surface area contributed by atoms with Gasteiger partial charge in [0.1, 0.15) is 12.2 Å². The minimum absolute atomic E-state index is 0.0567. The minimum atomic E-state index is -1.68. The highest BCUT2D eigenvalue weighted by molar-refractivity contribution is 6.26. The summed E-state index contributed by atoms with van der Waals surface area (Å²) in [4.78, 5) is 23.5. The SMILES string of the molecule is C[C@H]1CC2C3CCC4=CC(=O)C=CC4(C)C3(Cl)C(O)CC2(C)C1(O)C(=O)CO. The molecule has 8 atom stereocenters. The van der Waals surface area contributed by atoms with Crippen LogP contribution in [0.1, 0.15) is 46.5 Å². The fraction of sp³-hybridized carbons (Fsp3) is 0.727. The van der Waals surface area contributed by atoms with Crippen LogP contribution in [0.15, 0.2) is 23.8 Å². The number of aliphatic hydroxyl groups is 3. The molecule has 28 heavy (non-hydrogen) atoms. The summed E-state index contributed by atoms with van der Waals surface area (Å²) < 4.78 is 0. The van der Waals surface area contributed by atoms with E-state index in [9.17, 15) is 24.9 Å². The van der Waals surface area contributed by atoms with E-state index in [0.29, 0.717) is 19.3 Å². The van der Waals surface area contributed by atoms with Crippen molar-refractivity contribution in [2.75, 3.05) is 6.61 Å². The number of hydrogen-bond donors (Lipinski definition) is 3. The average Bonchev–Trinajstić information content (AvgIpc) is 2.84. The molecule has 154 valence electrons. The monoisotopic (exact) mass is 408 g/mol. The molecule has 0 aromatic rings. The number of rotatable bonds is 2. The predicted octanol–water partition coefficient (Wildman–Crippen LogP) is 2.17. The highest BCUT2D eigenvalue weighted by Gasteiger charge is 2.74. The molecule has 4 aliphatic carbocycles. The van der Waals surface area contributed by atoms with Gasteiger partial charge in [-0.2, -0.15) is 0 Å². The van der Waals surface area contributed by atoms with E-state index in [1.165, 1.54) is 6.08 Å². The largest absolute Gasteiger partial charge is 0.391 e. The number of carbonyl (C=O) groups excluding carboxylic acids is 2. The predicted molar refractivity (Wildman–Crippen MR) is 105 cm³/mol. The smallest absolute Gasteiger partial charge is 0.190 e. The van der Waals surface area contributed by atoms with Gasteiger partial charge < -0.3 is 15.3 Å². The van der Waals surface area contributed by atoms with Gasteiger partial charge in [0, 0.05) is 10.8 Å². The summed E-state index contributed by atoms with van der Waals surface area (Å²) in [5, 5.41) is 32.3. The van der Waals surface area contributed by atoms with Crippen LogP contribution in [0.2, 0.25) is 0 Å². The van der Waals surface area contributed by atoms with Gasteiger partial charge in [-0.05, 0) is 55.6 Å². The lowest BCUT2D eigenvalue weighted by molar-refractivity contribution is -0.179. The van der Waals surface area contributed by atoms with Crippen LogP contribution >= 0.6 is 11.6 Å². The molecule has 0 aliphatic heterocycles. The molecule has 4 rings (SSSR count). The maximum Gasteiger partial charge on any atom is 0.190 e. The number of aliphatic hydroxyl groups excluding tert-OH is 2. The number of halogens is 1. The number of hydrogen-bond acceptors (Lipinski definition) is 5. The van der Waals surface area contributed by atoms with Crippen LogP contribution in [0.5, 0.6) is 0 Å². The molecule has 0 amide bonds. The third-order valence-electron chi connectivity index (χ3n) is 8.79. The van der Waals surface area contributed by atoms with Crippen LogP contribution in [0.25, 0.3) is 0 Å². The van der Waals surface area contributed by atoms with Crippen molar-refractivity contribution in [1.82, 2.24) is 0 Å². The Hall–Kier alpha value is -1.01. The van der Waals surface area contributed by atoms with E-state index in [1.54, 1.807) is 6.08 Å². The Bertz CT molecular complexity index is 805. The van der Waals surface area contributed by atoms with Gasteiger partial charge in [-0.25, -0.2) is 0 Å². The summed E-state index contributed by atoms with van der Waals surface area (Å²) >= 11 is 7.30. The zero-order valence-electron chi connectivity index (χ0n) is 16.6. The highest BCUT2D eigenvalue weighted by atomic mass is 35.5. The van der Waals surface area contributed by atoms with E-state index in [2.05, 4.69) is 0 Å². The Balaban J connectivity index is 1.84. The van der Waals surface area contributed by atoms with Gasteiger partial charge in [0.25, 0.3) is 0 Å². The standard InChI is InChI=1S/C22H29ClO5/c1-12-8-16-15-5-4-13-9-14(25)6-7-19(13,2)21(15,23)17(26)10-20(16,3)22(12,28)18(27)11-24/h6-7,9,12,15-17,24,26,28H,4-5,8,10-11H2,1-3H3/t12-,15?,16?,17?,19?,20?,21?,22?/m0/s1. The normalized spacial score (nSPS) is 52.5. The van der Waals surface area contributed by atoms with Crippen molar-refractivity contribution in [2.24, 2.45) is 28.6 Å². The van der Waals surface area contributed by atoms with Crippen molar-refractivity contribution in [2.45, 2.75) is 63.0 Å². The van der Waals surface area contributed by atoms with Gasteiger partial charge in [0.2, 0.25) is 0 Å². The quantitative estimate of drug-likeness (QED) is 0.608. The molecule has 4 aliphatic rings. The lowest BCUT2D eigenvalue weighted by Gasteiger charge is -2.63. The zero-order valence-corrected chi connectivity index (χ0v) is 17.4. The van der Waals surface area contributed by atoms with E-state index < -0.39 is 39.8 Å². The van der Waals surface area contributed by atoms with Crippen LogP contribution in [0, 0.1) is 28.6 Å². The lowest BCUT2D eigenvalue weighted by atomic mass is 9.45. The molecule has 0 bridgehead atoms. The fourth-order valence-electron chi connectivity index (χ4n) is 7.26. The Kier molecular flexibility index (Phi) is 4.35. The van der Waals surface area contributed by atoms with E-state index in [-0.39, 0.29) is 30.0 Å². The maximum atomic E-state index is 12.6. The van der Waals surface area contributed by atoms with Crippen LogP contribution in [-0.4, -0.2) is 50.1 Å². The number of ketones is 2. The second-order valence-electron chi connectivity index (χ2n) is 9.75. The van der Waals surface area contributed by atoms with Crippen molar-refractivity contribution in [3.05, 3.63) is 23.8 Å².